The van der Waals surface area contributed by atoms with Gasteiger partial charge in [-0.3, -0.25) is 17.8 Å². The van der Waals surface area contributed by atoms with Gasteiger partial charge >= 0.3 is 7.82 Å². The first-order valence-electron chi connectivity index (χ1n) is 5.13. The van der Waals surface area contributed by atoms with Crippen LogP contribution in [0.15, 0.2) is 0 Å². The Labute approximate surface area is 113 Å². The highest BCUT2D eigenvalue weighted by Crippen LogP contribution is 2.47. The van der Waals surface area contributed by atoms with Gasteiger partial charge in [-0.1, -0.05) is 5.92 Å². The maximum absolute atomic E-state index is 11.4. The van der Waals surface area contributed by atoms with Crippen molar-refractivity contribution in [3.8, 4) is 12.3 Å². The predicted molar refractivity (Wildman–Crippen MR) is 67.0 cm³/mol. The smallest absolute Gasteiger partial charge is 0.378 e. The summed E-state index contributed by atoms with van der Waals surface area (Å²) in [5.41, 5.74) is 0. The minimum atomic E-state index is -3.68. The number of rotatable bonds is 11. The summed E-state index contributed by atoms with van der Waals surface area (Å²) in [5, 5.41) is 0. The van der Waals surface area contributed by atoms with E-state index in [2.05, 4.69) is 13.2 Å². The van der Waals surface area contributed by atoms with Crippen molar-refractivity contribution in [2.75, 3.05) is 46.4 Å². The average molecular weight is 316 g/mol. The van der Waals surface area contributed by atoms with Crippen molar-refractivity contribution in [2.24, 2.45) is 0 Å². The molecule has 0 bridgehead atoms. The van der Waals surface area contributed by atoms with Gasteiger partial charge in [0.05, 0.1) is 25.6 Å². The van der Waals surface area contributed by atoms with Crippen LogP contribution >= 0.6 is 7.82 Å². The number of ether oxygens (including phenoxy) is 1. The van der Waals surface area contributed by atoms with E-state index in [1.807, 2.05) is 5.92 Å². The van der Waals surface area contributed by atoms with Crippen LogP contribution in [-0.2, 0) is 37.2 Å². The van der Waals surface area contributed by atoms with Crippen molar-refractivity contribution >= 4 is 17.9 Å². The molecular weight excluding hydrogens is 299 g/mol. The summed E-state index contributed by atoms with van der Waals surface area (Å²) in [6, 6.07) is 0. The minimum Gasteiger partial charge on any atom is -0.378 e. The zero-order chi connectivity index (χ0) is 14.8. The van der Waals surface area contributed by atoms with Crippen LogP contribution in [0.1, 0.15) is 0 Å². The molecule has 112 valence electrons. The minimum absolute atomic E-state index is 0.0291. The Hall–Kier alpha value is -0.460. The molecule has 0 aromatic heterocycles. The molecule has 0 atom stereocenters. The normalized spacial score (nSPS) is 12.3. The molecule has 0 aliphatic rings. The summed E-state index contributed by atoms with van der Waals surface area (Å²) >= 11 is 0. The molecule has 0 unspecified atom stereocenters. The molecule has 0 amide bonds. The first-order valence-corrected chi connectivity index (χ1v) is 8.17. The van der Waals surface area contributed by atoms with Crippen LogP contribution in [0, 0.1) is 12.3 Å². The monoisotopic (exact) mass is 316 g/mol. The van der Waals surface area contributed by atoms with Crippen LogP contribution in [0.3, 0.4) is 0 Å². The topological polar surface area (TPSA) is 97.4 Å². The molecule has 0 heterocycles. The first-order chi connectivity index (χ1) is 8.89. The fourth-order valence-corrected chi connectivity index (χ4v) is 2.18. The maximum atomic E-state index is 11.4. The van der Waals surface area contributed by atoms with E-state index in [0.717, 1.165) is 0 Å². The van der Waals surface area contributed by atoms with Gasteiger partial charge in [0.15, 0.2) is 0 Å². The van der Waals surface area contributed by atoms with Gasteiger partial charge in [-0.05, 0) is 0 Å². The molecule has 0 aromatic rings. The molecule has 8 nitrogen and oxygen atoms in total. The van der Waals surface area contributed by atoms with E-state index in [0.29, 0.717) is 0 Å². The van der Waals surface area contributed by atoms with E-state index >= 15 is 0 Å². The lowest BCUT2D eigenvalue weighted by atomic mass is 10.7. The van der Waals surface area contributed by atoms with Gasteiger partial charge in [-0.2, -0.15) is 8.42 Å². The van der Waals surface area contributed by atoms with E-state index in [9.17, 15) is 13.0 Å². The van der Waals surface area contributed by atoms with Crippen LogP contribution < -0.4 is 0 Å². The predicted octanol–water partition coefficient (Wildman–Crippen LogP) is 0.400. The Kier molecular flexibility index (Phi) is 9.22. The molecule has 0 saturated carbocycles. The van der Waals surface area contributed by atoms with Crippen molar-refractivity contribution < 1.29 is 35.5 Å². The van der Waals surface area contributed by atoms with E-state index in [1.54, 1.807) is 0 Å². The van der Waals surface area contributed by atoms with Gasteiger partial charge in [0, 0.05) is 14.2 Å². The van der Waals surface area contributed by atoms with Gasteiger partial charge in [-0.25, -0.2) is 4.57 Å². The van der Waals surface area contributed by atoms with E-state index in [-0.39, 0.29) is 32.2 Å². The number of terminal acetylenes is 1. The molecule has 0 N–H and O–H groups in total. The first kappa shape index (κ1) is 18.5. The molecule has 0 radical (unpaired) electrons. The summed E-state index contributed by atoms with van der Waals surface area (Å²) in [6.07, 6.45) is 4.86. The molecule has 0 aliphatic carbocycles. The third kappa shape index (κ3) is 9.13. The van der Waals surface area contributed by atoms with Crippen LogP contribution in [0.4, 0.5) is 0 Å². The number of phosphoric acid groups is 1. The van der Waals surface area contributed by atoms with Crippen molar-refractivity contribution in [1.29, 1.82) is 0 Å². The summed E-state index contributed by atoms with van der Waals surface area (Å²) < 4.78 is 56.9. The Morgan fingerprint density at radius 2 is 1.79 bits per heavy atom. The van der Waals surface area contributed by atoms with Gasteiger partial charge in [0.2, 0.25) is 0 Å². The zero-order valence-corrected chi connectivity index (χ0v) is 12.4. The lowest BCUT2D eigenvalue weighted by Crippen LogP contribution is -2.16. The molecule has 0 fully saturated rings. The second-order valence-corrected chi connectivity index (χ2v) is 6.63. The van der Waals surface area contributed by atoms with E-state index < -0.39 is 17.9 Å². The van der Waals surface area contributed by atoms with E-state index in [1.165, 1.54) is 14.2 Å². The second-order valence-electron chi connectivity index (χ2n) is 2.99. The molecule has 0 rings (SSSR count). The summed E-state index contributed by atoms with van der Waals surface area (Å²) in [4.78, 5) is 0. The number of hydrogen-bond donors (Lipinski definition) is 0. The summed E-state index contributed by atoms with van der Waals surface area (Å²) in [7, 11) is -4.84. The third-order valence-electron chi connectivity index (χ3n) is 1.72. The summed E-state index contributed by atoms with van der Waals surface area (Å²) in [6.45, 7) is -0.442. The quantitative estimate of drug-likeness (QED) is 0.234. The maximum Gasteiger partial charge on any atom is 0.474 e. The highest BCUT2D eigenvalue weighted by molar-refractivity contribution is 7.86. The second kappa shape index (κ2) is 9.44. The zero-order valence-electron chi connectivity index (χ0n) is 10.7. The fraction of sp³-hybridized carbons (Fsp3) is 0.778. The highest BCUT2D eigenvalue weighted by Gasteiger charge is 2.22. The Balaban J connectivity index is 3.72. The molecular formula is C9H17O8PS. The van der Waals surface area contributed by atoms with Gasteiger partial charge in [0.1, 0.15) is 6.61 Å². The molecule has 0 aromatic carbocycles. The Morgan fingerprint density at radius 3 is 2.32 bits per heavy atom. The molecule has 10 heteroatoms. The fourth-order valence-electron chi connectivity index (χ4n) is 0.834. The SMILES string of the molecule is C#CCOS(=O)(=O)CCOCCOP(=O)(OC)OC. The van der Waals surface area contributed by atoms with Gasteiger partial charge in [-0.15, -0.1) is 6.42 Å². The van der Waals surface area contributed by atoms with Crippen molar-refractivity contribution in [2.45, 2.75) is 0 Å². The number of hydrogen-bond acceptors (Lipinski definition) is 8. The summed E-state index contributed by atoms with van der Waals surface area (Å²) in [5.74, 6) is 1.71. The molecule has 0 aliphatic heterocycles. The van der Waals surface area contributed by atoms with Crippen LogP contribution in [0.2, 0.25) is 0 Å². The van der Waals surface area contributed by atoms with Crippen LogP contribution in [-0.4, -0.2) is 54.8 Å². The lowest BCUT2D eigenvalue weighted by molar-refractivity contribution is 0.0830. The third-order valence-corrected chi connectivity index (χ3v) is 4.26. The lowest BCUT2D eigenvalue weighted by Gasteiger charge is -2.13. The molecule has 0 saturated heterocycles. The van der Waals surface area contributed by atoms with Crippen molar-refractivity contribution in [1.82, 2.24) is 0 Å². The van der Waals surface area contributed by atoms with Crippen molar-refractivity contribution in [3.63, 3.8) is 0 Å². The highest BCUT2D eigenvalue weighted by atomic mass is 32.2. The standard InChI is InChI=1S/C9H17O8PS/c1-4-5-17-19(11,12)9-8-15-6-7-16-18(10,13-2)14-3/h1H,5-9H2,2-3H3. The molecule has 0 spiro atoms. The molecule has 19 heavy (non-hydrogen) atoms. The van der Waals surface area contributed by atoms with Gasteiger partial charge < -0.3 is 4.74 Å². The Morgan fingerprint density at radius 1 is 1.16 bits per heavy atom. The van der Waals surface area contributed by atoms with Crippen molar-refractivity contribution in [3.05, 3.63) is 0 Å². The van der Waals surface area contributed by atoms with Gasteiger partial charge in [0.25, 0.3) is 10.1 Å². The van der Waals surface area contributed by atoms with Crippen LogP contribution in [0.5, 0.6) is 0 Å². The number of phosphoric ester groups is 1. The van der Waals surface area contributed by atoms with E-state index in [4.69, 9.17) is 15.7 Å². The largest absolute Gasteiger partial charge is 0.474 e. The average Bonchev–Trinajstić information content (AvgIpc) is 2.40. The van der Waals surface area contributed by atoms with Crippen LogP contribution in [0.25, 0.3) is 0 Å². The Bertz CT molecular complexity index is 418.